The van der Waals surface area contributed by atoms with E-state index < -0.39 is 11.7 Å². The zero-order chi connectivity index (χ0) is 21.0. The fourth-order valence-electron chi connectivity index (χ4n) is 2.92. The smallest absolute Gasteiger partial charge is 0.345 e. The Morgan fingerprint density at radius 3 is 2.45 bits per heavy atom. The van der Waals surface area contributed by atoms with Crippen LogP contribution in [-0.2, 0) is 11.2 Å². The molecule has 3 rings (SSSR count). The maximum Gasteiger partial charge on any atom is 0.345 e. The normalized spacial score (nSPS) is 10.4. The fraction of sp³-hybridized carbons (Fsp3) is 0.182. The van der Waals surface area contributed by atoms with Crippen molar-refractivity contribution in [3.8, 4) is 5.75 Å². The molecule has 2 aromatic carbocycles. The monoisotopic (exact) mass is 391 g/mol. The van der Waals surface area contributed by atoms with Crippen LogP contribution in [0.4, 0.5) is 5.69 Å². The molecule has 0 fully saturated rings. The van der Waals surface area contributed by atoms with Crippen LogP contribution in [0.5, 0.6) is 5.75 Å². The number of ether oxygens (including phenoxy) is 1. The molecule has 0 saturated heterocycles. The molecule has 0 radical (unpaired) electrons. The van der Waals surface area contributed by atoms with E-state index in [1.807, 2.05) is 19.1 Å². The van der Waals surface area contributed by atoms with Crippen molar-refractivity contribution in [2.75, 3.05) is 5.32 Å². The molecule has 148 valence electrons. The van der Waals surface area contributed by atoms with E-state index in [2.05, 4.69) is 15.3 Å². The van der Waals surface area contributed by atoms with Gasteiger partial charge in [0.25, 0.3) is 5.91 Å². The van der Waals surface area contributed by atoms with E-state index in [1.165, 1.54) is 0 Å². The molecule has 0 saturated carbocycles. The average Bonchev–Trinajstić information content (AvgIpc) is 2.66. The molecule has 1 aromatic heterocycles. The molecule has 0 bridgehead atoms. The van der Waals surface area contributed by atoms with Gasteiger partial charge in [0.05, 0.1) is 6.42 Å². The van der Waals surface area contributed by atoms with Gasteiger partial charge in [0.1, 0.15) is 5.75 Å². The molecule has 7 heteroatoms. The van der Waals surface area contributed by atoms with Gasteiger partial charge in [0.15, 0.2) is 0 Å². The predicted octanol–water partition coefficient (Wildman–Crippen LogP) is 3.10. The zero-order valence-electron chi connectivity index (χ0n) is 16.4. The number of esters is 1. The van der Waals surface area contributed by atoms with E-state index in [0.717, 1.165) is 5.56 Å². The zero-order valence-corrected chi connectivity index (χ0v) is 16.4. The second-order valence-electron chi connectivity index (χ2n) is 6.73. The lowest BCUT2D eigenvalue weighted by Gasteiger charge is -2.09. The minimum atomic E-state index is -0.471. The standard InChI is InChI=1S/C22H21N3O4/c1-13-5-4-6-16(11-13)21(27)25-17-7-9-18(10-8-17)29-20(26)12-19-14(2)23-22(28)24-15(19)3/h4-11H,12H2,1-3H3,(H,25,27)(H,23,24,28). The van der Waals surface area contributed by atoms with Gasteiger partial charge < -0.3 is 15.0 Å². The highest BCUT2D eigenvalue weighted by molar-refractivity contribution is 6.04. The highest BCUT2D eigenvalue weighted by Crippen LogP contribution is 2.18. The molecule has 3 aromatic rings. The quantitative estimate of drug-likeness (QED) is 0.514. The lowest BCUT2D eigenvalue weighted by Crippen LogP contribution is -2.20. The molecule has 2 N–H and O–H groups in total. The minimum Gasteiger partial charge on any atom is -0.426 e. The largest absolute Gasteiger partial charge is 0.426 e. The van der Waals surface area contributed by atoms with Gasteiger partial charge in [-0.2, -0.15) is 4.98 Å². The van der Waals surface area contributed by atoms with E-state index in [9.17, 15) is 14.4 Å². The number of amides is 1. The number of nitrogens with one attached hydrogen (secondary N) is 2. The number of hydrogen-bond acceptors (Lipinski definition) is 5. The first-order valence-electron chi connectivity index (χ1n) is 9.07. The van der Waals surface area contributed by atoms with Crippen molar-refractivity contribution in [1.29, 1.82) is 0 Å². The first kappa shape index (κ1) is 20.0. The lowest BCUT2D eigenvalue weighted by atomic mass is 10.1. The Morgan fingerprint density at radius 2 is 1.79 bits per heavy atom. The van der Waals surface area contributed by atoms with E-state index in [1.54, 1.807) is 50.2 Å². The second kappa shape index (κ2) is 8.52. The van der Waals surface area contributed by atoms with Crippen LogP contribution < -0.4 is 15.7 Å². The molecule has 0 aliphatic carbocycles. The highest BCUT2D eigenvalue weighted by Gasteiger charge is 2.13. The highest BCUT2D eigenvalue weighted by atomic mass is 16.5. The topological polar surface area (TPSA) is 101 Å². The van der Waals surface area contributed by atoms with Gasteiger partial charge in [-0.3, -0.25) is 9.59 Å². The Bertz CT molecular complexity index is 1090. The maximum atomic E-state index is 12.3. The van der Waals surface area contributed by atoms with Crippen LogP contribution in [0.2, 0.25) is 0 Å². The van der Waals surface area contributed by atoms with Crippen LogP contribution >= 0.6 is 0 Å². The van der Waals surface area contributed by atoms with Crippen LogP contribution in [0.15, 0.2) is 53.3 Å². The number of hydrogen-bond donors (Lipinski definition) is 2. The second-order valence-corrected chi connectivity index (χ2v) is 6.73. The summed E-state index contributed by atoms with van der Waals surface area (Å²) in [4.78, 5) is 42.3. The summed E-state index contributed by atoms with van der Waals surface area (Å²) in [6, 6.07) is 13.8. The first-order valence-corrected chi connectivity index (χ1v) is 9.07. The molecule has 0 aliphatic heterocycles. The first-order chi connectivity index (χ1) is 13.8. The number of anilines is 1. The van der Waals surface area contributed by atoms with Gasteiger partial charge in [-0.05, 0) is 57.2 Å². The van der Waals surface area contributed by atoms with Crippen LogP contribution in [-0.4, -0.2) is 21.8 Å². The SMILES string of the molecule is Cc1cccc(C(=O)Nc2ccc(OC(=O)Cc3c(C)nc(=O)[nH]c3C)cc2)c1. The number of rotatable bonds is 5. The maximum absolute atomic E-state index is 12.3. The number of aryl methyl sites for hydroxylation is 3. The van der Waals surface area contributed by atoms with Crippen LogP contribution in [0.25, 0.3) is 0 Å². The third kappa shape index (κ3) is 5.16. The Balaban J connectivity index is 1.62. The third-order valence-electron chi connectivity index (χ3n) is 4.40. The van der Waals surface area contributed by atoms with Crippen LogP contribution in [0, 0.1) is 20.8 Å². The molecule has 0 spiro atoms. The van der Waals surface area contributed by atoms with Crippen molar-refractivity contribution in [1.82, 2.24) is 9.97 Å². The van der Waals surface area contributed by atoms with Crippen molar-refractivity contribution >= 4 is 17.6 Å². The van der Waals surface area contributed by atoms with Crippen molar-refractivity contribution in [2.45, 2.75) is 27.2 Å². The summed E-state index contributed by atoms with van der Waals surface area (Å²) >= 11 is 0. The summed E-state index contributed by atoms with van der Waals surface area (Å²) in [5.74, 6) is -0.326. The summed E-state index contributed by atoms with van der Waals surface area (Å²) < 4.78 is 5.35. The predicted molar refractivity (Wildman–Crippen MR) is 109 cm³/mol. The summed E-state index contributed by atoms with van der Waals surface area (Å²) in [5.41, 5.74) is 3.44. The summed E-state index contributed by atoms with van der Waals surface area (Å²) in [7, 11) is 0. The number of aromatic amines is 1. The van der Waals surface area contributed by atoms with Gasteiger partial charge in [-0.25, -0.2) is 4.79 Å². The van der Waals surface area contributed by atoms with E-state index >= 15 is 0 Å². The molecule has 1 heterocycles. The van der Waals surface area contributed by atoms with Crippen LogP contribution in [0.3, 0.4) is 0 Å². The number of aromatic nitrogens is 2. The van der Waals surface area contributed by atoms with Crippen molar-refractivity contribution < 1.29 is 14.3 Å². The molecule has 0 atom stereocenters. The molecule has 1 amide bonds. The molecule has 0 unspecified atom stereocenters. The number of nitrogens with zero attached hydrogens (tertiary/aromatic N) is 1. The summed E-state index contributed by atoms with van der Waals surface area (Å²) in [5, 5.41) is 2.80. The van der Waals surface area contributed by atoms with Gasteiger partial charge in [0, 0.05) is 28.2 Å². The van der Waals surface area contributed by atoms with E-state index in [4.69, 9.17) is 4.74 Å². The van der Waals surface area contributed by atoms with E-state index in [0.29, 0.717) is 34.0 Å². The van der Waals surface area contributed by atoms with Gasteiger partial charge in [-0.15, -0.1) is 0 Å². The number of H-pyrrole nitrogens is 1. The minimum absolute atomic E-state index is 0.00665. The van der Waals surface area contributed by atoms with Crippen molar-refractivity contribution in [3.63, 3.8) is 0 Å². The number of benzene rings is 2. The average molecular weight is 391 g/mol. The Morgan fingerprint density at radius 1 is 1.07 bits per heavy atom. The Hall–Kier alpha value is -3.74. The summed E-state index contributed by atoms with van der Waals surface area (Å²) in [6.45, 7) is 5.31. The van der Waals surface area contributed by atoms with E-state index in [-0.39, 0.29) is 12.3 Å². The lowest BCUT2D eigenvalue weighted by molar-refractivity contribution is -0.133. The van der Waals surface area contributed by atoms with Crippen molar-refractivity contribution in [3.05, 3.63) is 87.1 Å². The Labute approximate surface area is 167 Å². The molecule has 29 heavy (non-hydrogen) atoms. The number of carbonyl (C=O) groups excluding carboxylic acids is 2. The Kier molecular flexibility index (Phi) is 5.87. The van der Waals surface area contributed by atoms with Gasteiger partial charge >= 0.3 is 11.7 Å². The molecular weight excluding hydrogens is 370 g/mol. The van der Waals surface area contributed by atoms with Crippen molar-refractivity contribution in [2.24, 2.45) is 0 Å². The molecule has 0 aliphatic rings. The van der Waals surface area contributed by atoms with Gasteiger partial charge in [0.2, 0.25) is 0 Å². The fourth-order valence-corrected chi connectivity index (χ4v) is 2.92. The number of carbonyl (C=O) groups is 2. The van der Waals surface area contributed by atoms with Gasteiger partial charge in [-0.1, -0.05) is 17.7 Å². The third-order valence-corrected chi connectivity index (χ3v) is 4.40. The molecular formula is C22H21N3O4. The summed E-state index contributed by atoms with van der Waals surface area (Å²) in [6.07, 6.45) is -0.00665. The van der Waals surface area contributed by atoms with Crippen LogP contribution in [0.1, 0.15) is 32.9 Å². The molecule has 7 nitrogen and oxygen atoms in total.